The molecule has 2 saturated heterocycles. The van der Waals surface area contributed by atoms with E-state index in [4.69, 9.17) is 0 Å². The van der Waals surface area contributed by atoms with Gasteiger partial charge >= 0.3 is 0 Å². The Bertz CT molecular complexity index is 288. The summed E-state index contributed by atoms with van der Waals surface area (Å²) in [6, 6.07) is 0.321. The molecule has 2 atom stereocenters. The third-order valence-electron chi connectivity index (χ3n) is 4.33. The number of amides is 1. The van der Waals surface area contributed by atoms with Gasteiger partial charge in [0, 0.05) is 12.6 Å². The number of carbonyl (C=O) groups excluding carboxylic acids is 1. The standard InChI is InChI=1S/C13H25N3O/c1-4-13(3)12(17)16(10-14-13)11(2)9-15-7-5-6-8-15/h11,14H,4-10H2,1-3H3. The number of likely N-dealkylation sites (tertiary alicyclic amines) is 1. The van der Waals surface area contributed by atoms with Crippen LogP contribution in [0.1, 0.15) is 40.0 Å². The van der Waals surface area contributed by atoms with Gasteiger partial charge in [-0.1, -0.05) is 6.92 Å². The van der Waals surface area contributed by atoms with Crippen LogP contribution >= 0.6 is 0 Å². The average molecular weight is 239 g/mol. The topological polar surface area (TPSA) is 35.6 Å². The molecule has 4 heteroatoms. The van der Waals surface area contributed by atoms with Gasteiger partial charge in [-0.25, -0.2) is 0 Å². The van der Waals surface area contributed by atoms with Crippen LogP contribution < -0.4 is 5.32 Å². The molecule has 2 fully saturated rings. The molecular weight excluding hydrogens is 214 g/mol. The lowest BCUT2D eigenvalue weighted by atomic mass is 9.99. The van der Waals surface area contributed by atoms with Crippen molar-refractivity contribution in [2.75, 3.05) is 26.3 Å². The van der Waals surface area contributed by atoms with Crippen molar-refractivity contribution >= 4 is 5.91 Å². The molecule has 2 unspecified atom stereocenters. The maximum absolute atomic E-state index is 12.3. The third kappa shape index (κ3) is 2.47. The van der Waals surface area contributed by atoms with E-state index in [1.807, 2.05) is 11.8 Å². The zero-order chi connectivity index (χ0) is 12.5. The van der Waals surface area contributed by atoms with Gasteiger partial charge in [-0.3, -0.25) is 10.1 Å². The van der Waals surface area contributed by atoms with Crippen LogP contribution in [-0.2, 0) is 4.79 Å². The Labute approximate surface area is 104 Å². The van der Waals surface area contributed by atoms with Gasteiger partial charge in [0.15, 0.2) is 0 Å². The van der Waals surface area contributed by atoms with Crippen LogP contribution in [0.4, 0.5) is 0 Å². The average Bonchev–Trinajstić information content (AvgIpc) is 2.90. The fourth-order valence-electron chi connectivity index (χ4n) is 2.79. The summed E-state index contributed by atoms with van der Waals surface area (Å²) in [5.41, 5.74) is -0.334. The molecule has 0 radical (unpaired) electrons. The van der Waals surface area contributed by atoms with Crippen LogP contribution in [0, 0.1) is 0 Å². The predicted molar refractivity (Wildman–Crippen MR) is 68.7 cm³/mol. The maximum Gasteiger partial charge on any atom is 0.243 e. The zero-order valence-corrected chi connectivity index (χ0v) is 11.3. The molecule has 0 saturated carbocycles. The molecule has 2 rings (SSSR count). The molecule has 0 spiro atoms. The van der Waals surface area contributed by atoms with Gasteiger partial charge in [0.2, 0.25) is 5.91 Å². The maximum atomic E-state index is 12.3. The predicted octanol–water partition coefficient (Wildman–Crippen LogP) is 1.03. The van der Waals surface area contributed by atoms with Crippen molar-refractivity contribution in [1.29, 1.82) is 0 Å². The monoisotopic (exact) mass is 239 g/mol. The highest BCUT2D eigenvalue weighted by Gasteiger charge is 2.42. The molecule has 0 aromatic carbocycles. The van der Waals surface area contributed by atoms with Gasteiger partial charge in [0.1, 0.15) is 0 Å². The van der Waals surface area contributed by atoms with Crippen molar-refractivity contribution in [1.82, 2.24) is 15.1 Å². The van der Waals surface area contributed by atoms with Crippen LogP contribution in [-0.4, -0.2) is 53.6 Å². The largest absolute Gasteiger partial charge is 0.324 e. The smallest absolute Gasteiger partial charge is 0.243 e. The van der Waals surface area contributed by atoms with Crippen molar-refractivity contribution in [3.8, 4) is 0 Å². The Morgan fingerprint density at radius 2 is 2.06 bits per heavy atom. The van der Waals surface area contributed by atoms with Crippen LogP contribution in [0.2, 0.25) is 0 Å². The lowest BCUT2D eigenvalue weighted by Gasteiger charge is -2.29. The molecule has 2 heterocycles. The molecular formula is C13H25N3O. The number of hydrogen-bond donors (Lipinski definition) is 1. The van der Waals surface area contributed by atoms with Gasteiger partial charge in [0.25, 0.3) is 0 Å². The summed E-state index contributed by atoms with van der Waals surface area (Å²) in [4.78, 5) is 16.8. The Morgan fingerprint density at radius 3 is 2.59 bits per heavy atom. The first kappa shape index (κ1) is 12.8. The van der Waals surface area contributed by atoms with Crippen molar-refractivity contribution in [3.05, 3.63) is 0 Å². The summed E-state index contributed by atoms with van der Waals surface area (Å²) < 4.78 is 0. The molecule has 2 aliphatic heterocycles. The minimum atomic E-state index is -0.334. The molecule has 1 amide bonds. The van der Waals surface area contributed by atoms with E-state index < -0.39 is 0 Å². The van der Waals surface area contributed by atoms with Crippen molar-refractivity contribution in [2.45, 2.75) is 51.6 Å². The van der Waals surface area contributed by atoms with E-state index in [-0.39, 0.29) is 11.4 Å². The minimum Gasteiger partial charge on any atom is -0.324 e. The van der Waals surface area contributed by atoms with Crippen molar-refractivity contribution < 1.29 is 4.79 Å². The SMILES string of the molecule is CCC1(C)NCN(C(C)CN2CCCC2)C1=O. The second kappa shape index (κ2) is 4.94. The van der Waals surface area contributed by atoms with Gasteiger partial charge in [-0.15, -0.1) is 0 Å². The number of carbonyl (C=O) groups is 1. The summed E-state index contributed by atoms with van der Waals surface area (Å²) in [6.45, 7) is 10.4. The van der Waals surface area contributed by atoms with Gasteiger partial charge in [0.05, 0.1) is 12.2 Å². The summed E-state index contributed by atoms with van der Waals surface area (Å²) in [5, 5.41) is 3.35. The fraction of sp³-hybridized carbons (Fsp3) is 0.923. The number of rotatable bonds is 4. The van der Waals surface area contributed by atoms with Gasteiger partial charge in [-0.2, -0.15) is 0 Å². The van der Waals surface area contributed by atoms with E-state index in [1.54, 1.807) is 0 Å². The lowest BCUT2D eigenvalue weighted by molar-refractivity contribution is -0.133. The Hall–Kier alpha value is -0.610. The second-order valence-corrected chi connectivity index (χ2v) is 5.65. The lowest BCUT2D eigenvalue weighted by Crippen LogP contribution is -2.46. The van der Waals surface area contributed by atoms with Crippen LogP contribution in [0.25, 0.3) is 0 Å². The van der Waals surface area contributed by atoms with Crippen LogP contribution in [0.15, 0.2) is 0 Å². The molecule has 17 heavy (non-hydrogen) atoms. The highest BCUT2D eigenvalue weighted by molar-refractivity contribution is 5.88. The molecule has 0 aromatic rings. The molecule has 0 bridgehead atoms. The van der Waals surface area contributed by atoms with Crippen LogP contribution in [0.3, 0.4) is 0 Å². The minimum absolute atomic E-state index is 0.270. The number of hydrogen-bond acceptors (Lipinski definition) is 3. The summed E-state index contributed by atoms with van der Waals surface area (Å²) in [6.07, 6.45) is 3.48. The fourth-order valence-corrected chi connectivity index (χ4v) is 2.79. The highest BCUT2D eigenvalue weighted by atomic mass is 16.2. The molecule has 1 N–H and O–H groups in total. The molecule has 2 aliphatic rings. The third-order valence-corrected chi connectivity index (χ3v) is 4.33. The molecule has 4 nitrogen and oxygen atoms in total. The second-order valence-electron chi connectivity index (χ2n) is 5.65. The normalized spacial score (nSPS) is 32.4. The molecule has 98 valence electrons. The van der Waals surface area contributed by atoms with E-state index in [9.17, 15) is 4.79 Å². The number of nitrogens with one attached hydrogen (secondary N) is 1. The van der Waals surface area contributed by atoms with Crippen molar-refractivity contribution in [3.63, 3.8) is 0 Å². The van der Waals surface area contributed by atoms with E-state index in [1.165, 1.54) is 25.9 Å². The van der Waals surface area contributed by atoms with E-state index in [0.29, 0.717) is 12.7 Å². The Balaban J connectivity index is 1.92. The zero-order valence-electron chi connectivity index (χ0n) is 11.3. The summed E-state index contributed by atoms with van der Waals surface area (Å²) >= 11 is 0. The first-order valence-electron chi connectivity index (χ1n) is 6.85. The first-order chi connectivity index (χ1) is 8.07. The highest BCUT2D eigenvalue weighted by Crippen LogP contribution is 2.22. The van der Waals surface area contributed by atoms with Crippen molar-refractivity contribution in [2.24, 2.45) is 0 Å². The van der Waals surface area contributed by atoms with E-state index in [0.717, 1.165) is 13.0 Å². The van der Waals surface area contributed by atoms with Gasteiger partial charge in [-0.05, 0) is 46.2 Å². The van der Waals surface area contributed by atoms with E-state index in [2.05, 4.69) is 24.1 Å². The Kier molecular flexibility index (Phi) is 3.73. The summed E-state index contributed by atoms with van der Waals surface area (Å²) in [7, 11) is 0. The van der Waals surface area contributed by atoms with Crippen LogP contribution in [0.5, 0.6) is 0 Å². The Morgan fingerprint density at radius 1 is 1.41 bits per heavy atom. The quantitative estimate of drug-likeness (QED) is 0.796. The molecule has 0 aromatic heterocycles. The van der Waals surface area contributed by atoms with E-state index >= 15 is 0 Å². The molecule has 0 aliphatic carbocycles. The number of nitrogens with zero attached hydrogens (tertiary/aromatic N) is 2. The van der Waals surface area contributed by atoms with Gasteiger partial charge < -0.3 is 9.80 Å². The first-order valence-corrected chi connectivity index (χ1v) is 6.85. The summed E-state index contributed by atoms with van der Waals surface area (Å²) in [5.74, 6) is 0.270.